The van der Waals surface area contributed by atoms with Gasteiger partial charge in [-0.15, -0.1) is 0 Å². The van der Waals surface area contributed by atoms with Crippen molar-refractivity contribution in [3.8, 4) is 0 Å². The summed E-state index contributed by atoms with van der Waals surface area (Å²) in [5, 5.41) is 2.34. The second-order valence-corrected chi connectivity index (χ2v) is 9.29. The normalized spacial score (nSPS) is 16.1. The van der Waals surface area contributed by atoms with Crippen LogP contribution in [0.5, 0.6) is 0 Å². The fourth-order valence-electron chi connectivity index (χ4n) is 3.79. The first-order valence-corrected chi connectivity index (χ1v) is 11.5. The van der Waals surface area contributed by atoms with Gasteiger partial charge in [0.2, 0.25) is 0 Å². The van der Waals surface area contributed by atoms with E-state index in [0.29, 0.717) is 6.42 Å². The molecule has 10 heteroatoms. The van der Waals surface area contributed by atoms with Crippen molar-refractivity contribution in [2.24, 2.45) is 0 Å². The number of rotatable bonds is 4. The molecule has 0 saturated carbocycles. The van der Waals surface area contributed by atoms with Gasteiger partial charge in [0.25, 0.3) is 23.6 Å². The number of carbonyl (C=O) groups excluding carboxylic acids is 4. The second kappa shape index (κ2) is 7.62. The molecular weight excluding hydrogens is 422 g/mol. The molecule has 0 spiro atoms. The molecule has 2 aromatic carbocycles. The molecule has 2 aromatic rings. The average molecular weight is 441 g/mol. The smallest absolute Gasteiger partial charge is 0.271 e. The Labute approximate surface area is 178 Å². The highest BCUT2D eigenvalue weighted by molar-refractivity contribution is 7.90. The molecule has 1 fully saturated rings. The van der Waals surface area contributed by atoms with Crippen LogP contribution in [-0.4, -0.2) is 72.9 Å². The van der Waals surface area contributed by atoms with Gasteiger partial charge in [-0.25, -0.2) is 18.4 Å². The molecule has 0 unspecified atom stereocenters. The fourth-order valence-corrected chi connectivity index (χ4v) is 4.67. The van der Waals surface area contributed by atoms with Crippen molar-refractivity contribution in [3.63, 3.8) is 0 Å². The molecular formula is C21H19N3O6S. The fraction of sp³-hybridized carbons (Fsp3) is 0.238. The lowest BCUT2D eigenvalue weighted by molar-refractivity contribution is -0.140. The summed E-state index contributed by atoms with van der Waals surface area (Å²) >= 11 is 0. The Morgan fingerprint density at radius 2 is 1.42 bits per heavy atom. The molecule has 0 aromatic heterocycles. The van der Waals surface area contributed by atoms with Gasteiger partial charge in [0.05, 0.1) is 21.6 Å². The predicted molar refractivity (Wildman–Crippen MR) is 109 cm³/mol. The number of hydrogen-bond donors (Lipinski definition) is 0. The summed E-state index contributed by atoms with van der Waals surface area (Å²) in [6, 6.07) is 12.1. The Balaban J connectivity index is 1.56. The highest BCUT2D eigenvalue weighted by atomic mass is 32.2. The maximum Gasteiger partial charge on any atom is 0.273 e. The molecule has 4 rings (SSSR count). The maximum atomic E-state index is 13.1. The minimum absolute atomic E-state index is 0.0366. The molecule has 0 atom stereocenters. The summed E-state index contributed by atoms with van der Waals surface area (Å²) in [7, 11) is -3.66. The summed E-state index contributed by atoms with van der Waals surface area (Å²) in [4.78, 5) is 51.8. The highest BCUT2D eigenvalue weighted by Crippen LogP contribution is 2.24. The van der Waals surface area contributed by atoms with Crippen LogP contribution in [0.4, 0.5) is 0 Å². The third-order valence-electron chi connectivity index (χ3n) is 5.24. The molecule has 0 bridgehead atoms. The number of carbonyl (C=O) groups is 4. The molecule has 31 heavy (non-hydrogen) atoms. The van der Waals surface area contributed by atoms with E-state index >= 15 is 0 Å². The summed E-state index contributed by atoms with van der Waals surface area (Å²) in [5.41, 5.74) is 0.430. The van der Waals surface area contributed by atoms with Crippen molar-refractivity contribution < 1.29 is 27.6 Å². The van der Waals surface area contributed by atoms with Gasteiger partial charge in [-0.2, -0.15) is 0 Å². The zero-order chi connectivity index (χ0) is 22.3. The van der Waals surface area contributed by atoms with E-state index in [9.17, 15) is 27.6 Å². The van der Waals surface area contributed by atoms with Crippen molar-refractivity contribution in [1.29, 1.82) is 0 Å². The largest absolute Gasteiger partial charge is 0.273 e. The van der Waals surface area contributed by atoms with Gasteiger partial charge in [0, 0.05) is 19.3 Å². The predicted octanol–water partition coefficient (Wildman–Crippen LogP) is 0.976. The number of amides is 4. The summed E-state index contributed by atoms with van der Waals surface area (Å²) < 4.78 is 24.1. The van der Waals surface area contributed by atoms with E-state index in [2.05, 4.69) is 0 Å². The van der Waals surface area contributed by atoms with E-state index in [1.165, 1.54) is 40.3 Å². The topological polar surface area (TPSA) is 112 Å². The third-order valence-corrected chi connectivity index (χ3v) is 6.40. The van der Waals surface area contributed by atoms with E-state index in [-0.39, 0.29) is 34.7 Å². The Hall–Kier alpha value is -3.53. The Morgan fingerprint density at radius 3 is 2.03 bits per heavy atom. The van der Waals surface area contributed by atoms with Gasteiger partial charge in [-0.1, -0.05) is 24.3 Å². The van der Waals surface area contributed by atoms with Gasteiger partial charge >= 0.3 is 0 Å². The summed E-state index contributed by atoms with van der Waals surface area (Å²) in [6.07, 6.45) is 1.49. The summed E-state index contributed by atoms with van der Waals surface area (Å²) in [6.45, 7) is -0.0799. The summed E-state index contributed by atoms with van der Waals surface area (Å²) in [5.74, 6) is -2.35. The van der Waals surface area contributed by atoms with Crippen molar-refractivity contribution >= 4 is 33.5 Å². The number of sulfone groups is 1. The Bertz CT molecular complexity index is 1190. The average Bonchev–Trinajstić information content (AvgIpc) is 3.33. The molecule has 2 heterocycles. The van der Waals surface area contributed by atoms with Crippen LogP contribution >= 0.6 is 0 Å². The van der Waals surface area contributed by atoms with E-state index in [4.69, 9.17) is 0 Å². The first-order chi connectivity index (χ1) is 14.7. The molecule has 0 aliphatic carbocycles. The van der Waals surface area contributed by atoms with Crippen LogP contribution in [0.15, 0.2) is 53.4 Å². The van der Waals surface area contributed by atoms with Crippen molar-refractivity contribution in [3.05, 3.63) is 65.2 Å². The number of nitrogens with zero attached hydrogens (tertiary/aromatic N) is 3. The number of imide groups is 1. The molecule has 0 radical (unpaired) electrons. The minimum Gasteiger partial charge on any atom is -0.271 e. The SMILES string of the molecule is CS(=O)(=O)c1ccccc1C(=O)N1CCCN1C(=O)CN1C(=O)c2ccccc2C1=O. The lowest BCUT2D eigenvalue weighted by atomic mass is 10.1. The zero-order valence-corrected chi connectivity index (χ0v) is 17.5. The lowest BCUT2D eigenvalue weighted by Crippen LogP contribution is -2.49. The van der Waals surface area contributed by atoms with E-state index in [1.54, 1.807) is 18.2 Å². The minimum atomic E-state index is -3.66. The van der Waals surface area contributed by atoms with Crippen LogP contribution in [-0.2, 0) is 14.6 Å². The zero-order valence-electron chi connectivity index (χ0n) is 16.6. The standard InChI is InChI=1S/C21H19N3O6S/c1-31(29,30)17-10-5-4-9-16(17)21(28)24-12-6-11-23(24)18(25)13-22-19(26)14-7-2-3-8-15(14)20(22)27/h2-5,7-10H,6,11-13H2,1H3. The van der Waals surface area contributed by atoms with Gasteiger partial charge in [0.1, 0.15) is 6.54 Å². The lowest BCUT2D eigenvalue weighted by Gasteiger charge is -2.29. The second-order valence-electron chi connectivity index (χ2n) is 7.31. The maximum absolute atomic E-state index is 13.1. The van der Waals surface area contributed by atoms with E-state index in [0.717, 1.165) is 11.2 Å². The molecule has 160 valence electrons. The van der Waals surface area contributed by atoms with Gasteiger partial charge < -0.3 is 0 Å². The molecule has 1 saturated heterocycles. The third kappa shape index (κ3) is 3.59. The molecule has 4 amide bonds. The van der Waals surface area contributed by atoms with Crippen LogP contribution in [0, 0.1) is 0 Å². The number of hydrazine groups is 1. The van der Waals surface area contributed by atoms with Gasteiger partial charge in [-0.3, -0.25) is 24.1 Å². The van der Waals surface area contributed by atoms with Crippen LogP contribution in [0.25, 0.3) is 0 Å². The molecule has 2 aliphatic heterocycles. The number of benzene rings is 2. The van der Waals surface area contributed by atoms with E-state index < -0.39 is 40.0 Å². The van der Waals surface area contributed by atoms with Crippen LogP contribution in [0.1, 0.15) is 37.5 Å². The number of hydrogen-bond acceptors (Lipinski definition) is 6. The molecule has 9 nitrogen and oxygen atoms in total. The van der Waals surface area contributed by atoms with Crippen LogP contribution in [0.2, 0.25) is 0 Å². The number of fused-ring (bicyclic) bond motifs is 1. The van der Waals surface area contributed by atoms with Crippen molar-refractivity contribution in [2.45, 2.75) is 11.3 Å². The van der Waals surface area contributed by atoms with Crippen molar-refractivity contribution in [1.82, 2.24) is 14.9 Å². The highest BCUT2D eigenvalue weighted by Gasteiger charge is 2.39. The van der Waals surface area contributed by atoms with Gasteiger partial charge in [0.15, 0.2) is 9.84 Å². The monoisotopic (exact) mass is 441 g/mol. The Morgan fingerprint density at radius 1 is 0.871 bits per heavy atom. The molecule has 0 N–H and O–H groups in total. The first kappa shape index (κ1) is 20.7. The van der Waals surface area contributed by atoms with Crippen molar-refractivity contribution in [2.75, 3.05) is 25.9 Å². The Kier molecular flexibility index (Phi) is 5.10. The van der Waals surface area contributed by atoms with Crippen LogP contribution < -0.4 is 0 Å². The van der Waals surface area contributed by atoms with Crippen LogP contribution in [0.3, 0.4) is 0 Å². The first-order valence-electron chi connectivity index (χ1n) is 9.56. The molecule has 2 aliphatic rings. The van der Waals surface area contributed by atoms with E-state index in [1.807, 2.05) is 0 Å². The van der Waals surface area contributed by atoms with Gasteiger partial charge in [-0.05, 0) is 30.7 Å². The quantitative estimate of drug-likeness (QED) is 0.654.